The van der Waals surface area contributed by atoms with E-state index < -0.39 is 12.1 Å². The molecule has 2 aliphatic heterocycles. The van der Waals surface area contributed by atoms with Gasteiger partial charge < -0.3 is 14.7 Å². The van der Waals surface area contributed by atoms with Crippen LogP contribution in [0.25, 0.3) is 0 Å². The van der Waals surface area contributed by atoms with E-state index in [4.69, 9.17) is 14.6 Å². The highest BCUT2D eigenvalue weighted by molar-refractivity contribution is 7.09. The number of rotatable bonds is 5. The molecule has 1 spiro atoms. The number of ether oxygens (including phenoxy) is 1. The Morgan fingerprint density at radius 3 is 2.47 bits per heavy atom. The minimum Gasteiger partial charge on any atom is -0.475 e. The first-order chi connectivity index (χ1) is 15.0. The molecule has 7 nitrogen and oxygen atoms in total. The zero-order valence-electron chi connectivity index (χ0n) is 18.4. The highest BCUT2D eigenvalue weighted by atomic mass is 32.1. The van der Waals surface area contributed by atoms with Crippen molar-refractivity contribution in [2.45, 2.75) is 57.3 Å². The minimum absolute atomic E-state index is 0.197. The molecule has 1 atom stereocenters. The van der Waals surface area contributed by atoms with Crippen molar-refractivity contribution in [2.24, 2.45) is 11.8 Å². The van der Waals surface area contributed by atoms with Crippen LogP contribution in [0.5, 0.6) is 0 Å². The number of thiazole rings is 1. The molecule has 1 aromatic rings. The number of halogens is 3. The van der Waals surface area contributed by atoms with E-state index in [0.29, 0.717) is 24.3 Å². The van der Waals surface area contributed by atoms with Crippen molar-refractivity contribution in [2.75, 3.05) is 33.3 Å². The van der Waals surface area contributed by atoms with Crippen molar-refractivity contribution in [1.29, 1.82) is 0 Å². The summed E-state index contributed by atoms with van der Waals surface area (Å²) in [5.74, 6) is -1.43. The number of alkyl halides is 3. The smallest absolute Gasteiger partial charge is 0.475 e. The van der Waals surface area contributed by atoms with E-state index in [-0.39, 0.29) is 5.54 Å². The summed E-state index contributed by atoms with van der Waals surface area (Å²) in [6, 6.07) is 0. The number of nitrogens with zero attached hydrogens (tertiary/aromatic N) is 3. The number of carbonyl (C=O) groups is 2. The standard InChI is InChI=1S/C19H29N3O2S.C2HF3O2/c1-14-20-17(11-25-14)10-24-9-15-6-7-21(2)19(8-15)12-22(13-19)18(23)16-4-3-5-16;3-2(4,5)1(6)7/h11,15-16H,3-10,12-13H2,1-2H3;(H,6,7). The monoisotopic (exact) mass is 477 g/mol. The van der Waals surface area contributed by atoms with Crippen LogP contribution < -0.4 is 0 Å². The molecule has 0 radical (unpaired) electrons. The lowest BCUT2D eigenvalue weighted by Gasteiger charge is -2.59. The SMILES string of the molecule is Cc1nc(COCC2CCN(C)C3(C2)CN(C(=O)C2CCC2)C3)cs1.O=C(O)C(F)(F)F. The fourth-order valence-electron chi connectivity index (χ4n) is 4.46. The number of carboxylic acid groups (broad SMARTS) is 1. The molecule has 1 aliphatic carbocycles. The molecule has 0 aromatic carbocycles. The molecule has 2 saturated heterocycles. The number of aromatic nitrogens is 1. The second-order valence-electron chi connectivity index (χ2n) is 9.00. The van der Waals surface area contributed by atoms with E-state index in [0.717, 1.165) is 56.2 Å². The van der Waals surface area contributed by atoms with E-state index in [1.807, 2.05) is 6.92 Å². The molecule has 1 aromatic heterocycles. The van der Waals surface area contributed by atoms with Gasteiger partial charge in [0.05, 0.1) is 29.5 Å². The third-order valence-electron chi connectivity index (χ3n) is 6.60. The molecule has 1 unspecified atom stereocenters. The molecule has 1 saturated carbocycles. The van der Waals surface area contributed by atoms with Crippen LogP contribution in [0.15, 0.2) is 5.38 Å². The van der Waals surface area contributed by atoms with Crippen LogP contribution in [0.4, 0.5) is 13.2 Å². The van der Waals surface area contributed by atoms with E-state index in [2.05, 4.69) is 27.2 Å². The first kappa shape index (κ1) is 24.9. The van der Waals surface area contributed by atoms with Crippen molar-refractivity contribution in [3.63, 3.8) is 0 Å². The summed E-state index contributed by atoms with van der Waals surface area (Å²) in [6.45, 7) is 6.40. The van der Waals surface area contributed by atoms with Gasteiger partial charge in [-0.05, 0) is 52.1 Å². The zero-order chi connectivity index (χ0) is 23.5. The molecule has 11 heteroatoms. The number of piperidine rings is 1. The Hall–Kier alpha value is -1.72. The third-order valence-corrected chi connectivity index (χ3v) is 7.42. The largest absolute Gasteiger partial charge is 0.490 e. The Morgan fingerprint density at radius 1 is 1.31 bits per heavy atom. The molecule has 3 fully saturated rings. The van der Waals surface area contributed by atoms with Gasteiger partial charge in [-0.15, -0.1) is 11.3 Å². The van der Waals surface area contributed by atoms with Gasteiger partial charge in [0.15, 0.2) is 0 Å². The lowest BCUT2D eigenvalue weighted by molar-refractivity contribution is -0.192. The van der Waals surface area contributed by atoms with Gasteiger partial charge in [0.1, 0.15) is 0 Å². The Balaban J connectivity index is 0.000000360. The van der Waals surface area contributed by atoms with Gasteiger partial charge in [-0.1, -0.05) is 6.42 Å². The summed E-state index contributed by atoms with van der Waals surface area (Å²) in [5, 5.41) is 10.3. The maximum absolute atomic E-state index is 12.4. The molecule has 3 aliphatic rings. The fraction of sp³-hybridized carbons (Fsp3) is 0.762. The van der Waals surface area contributed by atoms with Gasteiger partial charge >= 0.3 is 12.1 Å². The number of carboxylic acids is 1. The second-order valence-corrected chi connectivity index (χ2v) is 10.1. The number of likely N-dealkylation sites (tertiary alicyclic amines) is 2. The predicted octanol–water partition coefficient (Wildman–Crippen LogP) is 3.32. The van der Waals surface area contributed by atoms with Gasteiger partial charge in [0.2, 0.25) is 5.91 Å². The summed E-state index contributed by atoms with van der Waals surface area (Å²) >= 11 is 1.68. The summed E-state index contributed by atoms with van der Waals surface area (Å²) in [5.41, 5.74) is 1.24. The topological polar surface area (TPSA) is 83.0 Å². The predicted molar refractivity (Wildman–Crippen MR) is 112 cm³/mol. The van der Waals surface area contributed by atoms with Crippen LogP contribution >= 0.6 is 11.3 Å². The van der Waals surface area contributed by atoms with Crippen LogP contribution in [-0.2, 0) is 20.9 Å². The number of carbonyl (C=O) groups excluding carboxylic acids is 1. The number of likely N-dealkylation sites (N-methyl/N-ethyl adjacent to an activating group) is 1. The Morgan fingerprint density at radius 2 is 1.97 bits per heavy atom. The Kier molecular flexibility index (Phi) is 7.82. The zero-order valence-corrected chi connectivity index (χ0v) is 19.2. The molecule has 0 bridgehead atoms. The normalized spacial score (nSPS) is 23.2. The molecule has 180 valence electrons. The molecular formula is C21H30F3N3O4S. The second kappa shape index (κ2) is 10.0. The number of aliphatic carboxylic acids is 1. The van der Waals surface area contributed by atoms with Crippen molar-refractivity contribution in [1.82, 2.24) is 14.8 Å². The fourth-order valence-corrected chi connectivity index (χ4v) is 5.06. The number of aryl methyl sites for hydroxylation is 1. The Bertz CT molecular complexity index is 806. The Labute approximate surface area is 189 Å². The summed E-state index contributed by atoms with van der Waals surface area (Å²) in [6.07, 6.45) is 0.682. The van der Waals surface area contributed by atoms with Gasteiger partial charge in [0, 0.05) is 24.4 Å². The first-order valence-corrected chi connectivity index (χ1v) is 11.7. The quantitative estimate of drug-likeness (QED) is 0.701. The average Bonchev–Trinajstić information content (AvgIpc) is 3.04. The van der Waals surface area contributed by atoms with Crippen LogP contribution in [-0.4, -0.2) is 76.8 Å². The molecule has 1 N–H and O–H groups in total. The van der Waals surface area contributed by atoms with Crippen LogP contribution in [0.1, 0.15) is 42.8 Å². The lowest BCUT2D eigenvalue weighted by atomic mass is 9.74. The van der Waals surface area contributed by atoms with Crippen LogP contribution in [0.2, 0.25) is 0 Å². The van der Waals surface area contributed by atoms with Crippen LogP contribution in [0.3, 0.4) is 0 Å². The molecule has 1 amide bonds. The highest BCUT2D eigenvalue weighted by Gasteiger charge is 2.52. The summed E-state index contributed by atoms with van der Waals surface area (Å²) in [7, 11) is 2.22. The van der Waals surface area contributed by atoms with Gasteiger partial charge in [-0.25, -0.2) is 9.78 Å². The minimum atomic E-state index is -5.08. The lowest BCUT2D eigenvalue weighted by Crippen LogP contribution is -2.73. The molecule has 32 heavy (non-hydrogen) atoms. The van der Waals surface area contributed by atoms with Crippen molar-refractivity contribution in [3.05, 3.63) is 16.1 Å². The molecule has 4 rings (SSSR count). The maximum atomic E-state index is 12.4. The van der Waals surface area contributed by atoms with Crippen molar-refractivity contribution < 1.29 is 32.6 Å². The van der Waals surface area contributed by atoms with Crippen LogP contribution in [0, 0.1) is 18.8 Å². The number of hydrogen-bond acceptors (Lipinski definition) is 6. The number of hydrogen-bond donors (Lipinski definition) is 1. The van der Waals surface area contributed by atoms with E-state index in [9.17, 15) is 18.0 Å². The number of amides is 1. The van der Waals surface area contributed by atoms with Crippen molar-refractivity contribution in [3.8, 4) is 0 Å². The summed E-state index contributed by atoms with van der Waals surface area (Å²) in [4.78, 5) is 30.4. The van der Waals surface area contributed by atoms with E-state index >= 15 is 0 Å². The first-order valence-electron chi connectivity index (χ1n) is 10.8. The highest BCUT2D eigenvalue weighted by Crippen LogP contribution is 2.40. The third kappa shape index (κ3) is 5.99. The van der Waals surface area contributed by atoms with Crippen molar-refractivity contribution >= 4 is 23.2 Å². The summed E-state index contributed by atoms with van der Waals surface area (Å²) < 4.78 is 37.7. The maximum Gasteiger partial charge on any atom is 0.490 e. The van der Waals surface area contributed by atoms with Gasteiger partial charge in [-0.2, -0.15) is 13.2 Å². The molecule has 3 heterocycles. The average molecular weight is 478 g/mol. The molecular weight excluding hydrogens is 447 g/mol. The van der Waals surface area contributed by atoms with Gasteiger partial charge in [0.25, 0.3) is 0 Å². The van der Waals surface area contributed by atoms with E-state index in [1.165, 1.54) is 12.8 Å². The van der Waals surface area contributed by atoms with Gasteiger partial charge in [-0.3, -0.25) is 9.69 Å². The van der Waals surface area contributed by atoms with E-state index in [1.54, 1.807) is 11.3 Å².